The van der Waals surface area contributed by atoms with Gasteiger partial charge < -0.3 is 5.32 Å². The molecule has 0 atom stereocenters. The summed E-state index contributed by atoms with van der Waals surface area (Å²) in [6, 6.07) is 20.6. The lowest BCUT2D eigenvalue weighted by atomic mass is 9.88. The van der Waals surface area contributed by atoms with Crippen molar-refractivity contribution in [3.8, 4) is 0 Å². The minimum atomic E-state index is -0.131. The number of thiazole rings is 1. The monoisotopic (exact) mass is 366 g/mol. The van der Waals surface area contributed by atoms with Crippen LogP contribution in [0.5, 0.6) is 0 Å². The average molecular weight is 366 g/mol. The zero-order chi connectivity index (χ0) is 18.4. The molecule has 0 saturated carbocycles. The van der Waals surface area contributed by atoms with Crippen LogP contribution in [0.3, 0.4) is 0 Å². The third kappa shape index (κ3) is 4.49. The number of benzene rings is 2. The number of aromatic nitrogens is 1. The molecular formula is C21H22N2O2S. The van der Waals surface area contributed by atoms with E-state index in [4.69, 9.17) is 0 Å². The summed E-state index contributed by atoms with van der Waals surface area (Å²) in [4.78, 5) is 23.8. The van der Waals surface area contributed by atoms with Crippen LogP contribution in [0.4, 0.5) is 0 Å². The maximum absolute atomic E-state index is 12.2. The van der Waals surface area contributed by atoms with Gasteiger partial charge in [0, 0.05) is 23.5 Å². The Balaban J connectivity index is 1.63. The lowest BCUT2D eigenvalue weighted by Crippen LogP contribution is -2.32. The number of aryl methyl sites for hydroxylation is 1. The van der Waals surface area contributed by atoms with Crippen molar-refractivity contribution in [1.82, 2.24) is 9.88 Å². The second kappa shape index (κ2) is 8.63. The van der Waals surface area contributed by atoms with Gasteiger partial charge in [0.1, 0.15) is 6.54 Å². The lowest BCUT2D eigenvalue weighted by molar-refractivity contribution is -0.121. The Kier molecular flexibility index (Phi) is 6.02. The number of nitrogens with zero attached hydrogens (tertiary/aromatic N) is 1. The predicted molar refractivity (Wildman–Crippen MR) is 106 cm³/mol. The second-order valence-electron chi connectivity index (χ2n) is 6.24. The molecule has 134 valence electrons. The maximum Gasteiger partial charge on any atom is 0.307 e. The van der Waals surface area contributed by atoms with Crippen molar-refractivity contribution < 1.29 is 4.79 Å². The molecule has 3 rings (SSSR count). The highest BCUT2D eigenvalue weighted by Crippen LogP contribution is 2.27. The van der Waals surface area contributed by atoms with Crippen molar-refractivity contribution in [3.63, 3.8) is 0 Å². The number of hydrogen-bond donors (Lipinski definition) is 1. The molecule has 0 fully saturated rings. The standard InChI is InChI=1S/C21H22N2O2S/c1-16-15-26-21(25)23(16)14-20(24)22-13-12-19(17-8-4-2-5-9-17)18-10-6-3-7-11-18/h2-11,15,19H,12-14H2,1H3,(H,22,24). The summed E-state index contributed by atoms with van der Waals surface area (Å²) in [5.41, 5.74) is 3.29. The molecule has 1 N–H and O–H groups in total. The van der Waals surface area contributed by atoms with E-state index < -0.39 is 0 Å². The highest BCUT2D eigenvalue weighted by molar-refractivity contribution is 7.07. The van der Waals surface area contributed by atoms with E-state index >= 15 is 0 Å². The summed E-state index contributed by atoms with van der Waals surface area (Å²) in [6.45, 7) is 2.48. The Hall–Kier alpha value is -2.66. The Bertz CT molecular complexity index is 861. The molecule has 0 spiro atoms. The van der Waals surface area contributed by atoms with Crippen molar-refractivity contribution >= 4 is 17.2 Å². The van der Waals surface area contributed by atoms with Crippen LogP contribution in [-0.4, -0.2) is 17.0 Å². The number of carbonyl (C=O) groups is 1. The van der Waals surface area contributed by atoms with E-state index in [1.54, 1.807) is 5.38 Å². The van der Waals surface area contributed by atoms with E-state index in [1.165, 1.54) is 15.7 Å². The topological polar surface area (TPSA) is 51.1 Å². The summed E-state index contributed by atoms with van der Waals surface area (Å²) in [5.74, 6) is 0.0942. The van der Waals surface area contributed by atoms with E-state index in [1.807, 2.05) is 43.3 Å². The molecule has 0 radical (unpaired) electrons. The van der Waals surface area contributed by atoms with Gasteiger partial charge in [-0.1, -0.05) is 72.0 Å². The Morgan fingerprint density at radius 2 is 1.62 bits per heavy atom. The van der Waals surface area contributed by atoms with Crippen LogP contribution in [0.2, 0.25) is 0 Å². The maximum atomic E-state index is 12.2. The fourth-order valence-electron chi connectivity index (χ4n) is 3.05. The number of nitrogens with one attached hydrogen (secondary N) is 1. The van der Waals surface area contributed by atoms with Crippen LogP contribution in [0.25, 0.3) is 0 Å². The van der Waals surface area contributed by atoms with E-state index in [9.17, 15) is 9.59 Å². The Labute approximate surface area is 157 Å². The summed E-state index contributed by atoms with van der Waals surface area (Å²) in [7, 11) is 0. The molecule has 1 aromatic heterocycles. The zero-order valence-corrected chi connectivity index (χ0v) is 15.5. The van der Waals surface area contributed by atoms with Gasteiger partial charge in [-0.05, 0) is 24.5 Å². The van der Waals surface area contributed by atoms with E-state index in [-0.39, 0.29) is 23.2 Å². The molecule has 0 unspecified atom stereocenters. The lowest BCUT2D eigenvalue weighted by Gasteiger charge is -2.18. The predicted octanol–water partition coefficient (Wildman–Crippen LogP) is 3.56. The molecule has 0 aliphatic rings. The summed E-state index contributed by atoms with van der Waals surface area (Å²) in [6.07, 6.45) is 0.803. The first-order valence-corrected chi connectivity index (χ1v) is 9.54. The molecule has 4 nitrogen and oxygen atoms in total. The third-order valence-electron chi connectivity index (χ3n) is 4.44. The average Bonchev–Trinajstić information content (AvgIpc) is 2.98. The van der Waals surface area contributed by atoms with Gasteiger partial charge >= 0.3 is 4.87 Å². The highest BCUT2D eigenvalue weighted by Gasteiger charge is 2.14. The van der Waals surface area contributed by atoms with Gasteiger partial charge in [0.25, 0.3) is 0 Å². The molecule has 26 heavy (non-hydrogen) atoms. The molecule has 1 amide bonds. The largest absolute Gasteiger partial charge is 0.355 e. The molecule has 0 bridgehead atoms. The van der Waals surface area contributed by atoms with Crippen LogP contribution in [0.1, 0.15) is 29.2 Å². The quantitative estimate of drug-likeness (QED) is 0.695. The highest BCUT2D eigenvalue weighted by atomic mass is 32.1. The fourth-order valence-corrected chi connectivity index (χ4v) is 3.78. The van der Waals surface area contributed by atoms with Crippen molar-refractivity contribution in [2.45, 2.75) is 25.8 Å². The van der Waals surface area contributed by atoms with Crippen LogP contribution in [0.15, 0.2) is 70.8 Å². The van der Waals surface area contributed by atoms with Crippen molar-refractivity contribution in [2.75, 3.05) is 6.54 Å². The van der Waals surface area contributed by atoms with E-state index in [2.05, 4.69) is 29.6 Å². The number of rotatable bonds is 7. The zero-order valence-electron chi connectivity index (χ0n) is 14.7. The molecule has 2 aromatic carbocycles. The number of carbonyl (C=O) groups excluding carboxylic acids is 1. The molecule has 0 aliphatic carbocycles. The summed E-state index contributed by atoms with van der Waals surface area (Å²) in [5, 5.41) is 4.73. The molecule has 1 heterocycles. The van der Waals surface area contributed by atoms with E-state index in [0.29, 0.717) is 6.54 Å². The molecule has 3 aromatic rings. The van der Waals surface area contributed by atoms with Gasteiger partial charge in [0.15, 0.2) is 0 Å². The first-order chi connectivity index (χ1) is 12.6. The minimum Gasteiger partial charge on any atom is -0.355 e. The van der Waals surface area contributed by atoms with Gasteiger partial charge in [0.05, 0.1) is 0 Å². The molecule has 0 saturated heterocycles. The number of hydrogen-bond acceptors (Lipinski definition) is 3. The molecule has 0 aliphatic heterocycles. The van der Waals surface area contributed by atoms with Gasteiger partial charge in [-0.25, -0.2) is 0 Å². The van der Waals surface area contributed by atoms with Crippen molar-refractivity contribution in [1.29, 1.82) is 0 Å². The van der Waals surface area contributed by atoms with Crippen molar-refractivity contribution in [2.24, 2.45) is 0 Å². The Morgan fingerprint density at radius 3 is 2.12 bits per heavy atom. The first kappa shape index (κ1) is 18.1. The fraction of sp³-hybridized carbons (Fsp3) is 0.238. The normalized spacial score (nSPS) is 10.8. The second-order valence-corrected chi connectivity index (χ2v) is 7.06. The van der Waals surface area contributed by atoms with Gasteiger partial charge in [-0.2, -0.15) is 0 Å². The van der Waals surface area contributed by atoms with Gasteiger partial charge in [-0.15, -0.1) is 0 Å². The van der Waals surface area contributed by atoms with Crippen molar-refractivity contribution in [3.05, 3.63) is 92.5 Å². The number of amides is 1. The Morgan fingerprint density at radius 1 is 1.04 bits per heavy atom. The van der Waals surface area contributed by atoms with Gasteiger partial charge in [-0.3, -0.25) is 14.2 Å². The summed E-state index contributed by atoms with van der Waals surface area (Å²) < 4.78 is 1.51. The van der Waals surface area contributed by atoms with Gasteiger partial charge in [0.2, 0.25) is 5.91 Å². The summed E-state index contributed by atoms with van der Waals surface area (Å²) >= 11 is 1.12. The first-order valence-electron chi connectivity index (χ1n) is 8.66. The minimum absolute atomic E-state index is 0.0789. The third-order valence-corrected chi connectivity index (χ3v) is 5.32. The van der Waals surface area contributed by atoms with E-state index in [0.717, 1.165) is 23.5 Å². The smallest absolute Gasteiger partial charge is 0.307 e. The van der Waals surface area contributed by atoms with Crippen LogP contribution >= 0.6 is 11.3 Å². The molecular weight excluding hydrogens is 344 g/mol. The van der Waals surface area contributed by atoms with Crippen LogP contribution < -0.4 is 10.2 Å². The molecule has 5 heteroatoms. The van der Waals surface area contributed by atoms with Crippen LogP contribution in [0, 0.1) is 6.92 Å². The van der Waals surface area contributed by atoms with Crippen LogP contribution in [-0.2, 0) is 11.3 Å². The SMILES string of the molecule is Cc1csc(=O)n1CC(=O)NCCC(c1ccccc1)c1ccccc1.